The first-order chi connectivity index (χ1) is 13.5. The molecule has 0 bridgehead atoms. The van der Waals surface area contributed by atoms with Crippen LogP contribution in [0.5, 0.6) is 0 Å². The maximum absolute atomic E-state index is 13.1. The van der Waals surface area contributed by atoms with Crippen LogP contribution in [0.3, 0.4) is 0 Å². The number of carbonyl (C=O) groups is 3. The highest BCUT2D eigenvalue weighted by Crippen LogP contribution is 2.34. The number of rotatable bonds is 10. The van der Waals surface area contributed by atoms with Crippen molar-refractivity contribution in [3.8, 4) is 0 Å². The molecule has 0 aliphatic carbocycles. The molecule has 170 valence electrons. The maximum atomic E-state index is 13.1. The third kappa shape index (κ3) is 7.96. The molecule has 1 aliphatic heterocycles. The molecule has 2 atom stereocenters. The zero-order valence-electron chi connectivity index (χ0n) is 16.7. The lowest BCUT2D eigenvalue weighted by Gasteiger charge is -2.27. The quantitative estimate of drug-likeness (QED) is 0.342. The highest BCUT2D eigenvalue weighted by molar-refractivity contribution is 7.99. The van der Waals surface area contributed by atoms with E-state index in [-0.39, 0.29) is 37.3 Å². The Balaban J connectivity index is 0.00000420. The Kier molecular flexibility index (Phi) is 13.7. The van der Waals surface area contributed by atoms with Gasteiger partial charge in [0.1, 0.15) is 12.6 Å². The Hall–Kier alpha value is -1.52. The molecular weight excluding hydrogens is 453 g/mol. The summed E-state index contributed by atoms with van der Waals surface area (Å²) in [5, 5.41) is 12.4. The number of nitrogens with zero attached hydrogens (tertiary/aromatic N) is 1. The van der Waals surface area contributed by atoms with Crippen molar-refractivity contribution in [2.24, 2.45) is 5.73 Å². The summed E-state index contributed by atoms with van der Waals surface area (Å²) in [7, 11) is 0. The Bertz CT molecular complexity index is 711. The van der Waals surface area contributed by atoms with Crippen molar-refractivity contribution < 1.29 is 24.2 Å². The number of hydrogen-bond donors (Lipinski definition) is 3. The van der Waals surface area contributed by atoms with E-state index in [1.165, 1.54) is 16.7 Å². The van der Waals surface area contributed by atoms with Crippen LogP contribution < -0.4 is 16.0 Å². The zero-order chi connectivity index (χ0) is 20.5. The monoisotopic (exact) mass is 481 g/mol. The van der Waals surface area contributed by atoms with Crippen LogP contribution in [0.2, 0.25) is 0 Å². The van der Waals surface area contributed by atoms with E-state index in [0.29, 0.717) is 24.4 Å². The normalized spacial score (nSPS) is 16.4. The highest BCUT2D eigenvalue weighted by atomic mass is 35.5. The summed E-state index contributed by atoms with van der Waals surface area (Å²) < 4.78 is 5.14. The van der Waals surface area contributed by atoms with Crippen molar-refractivity contribution in [3.63, 3.8) is 0 Å². The first kappa shape index (κ1) is 28.5. The van der Waals surface area contributed by atoms with Gasteiger partial charge in [0.25, 0.3) is 0 Å². The van der Waals surface area contributed by atoms with Gasteiger partial charge in [-0.15, -0.1) is 36.6 Å². The highest BCUT2D eigenvalue weighted by Gasteiger charge is 2.34. The number of aliphatic carboxylic acids is 1. The Morgan fingerprint density at radius 1 is 1.33 bits per heavy atom. The average Bonchev–Trinajstić information content (AvgIpc) is 2.79. The van der Waals surface area contributed by atoms with Crippen LogP contribution >= 0.6 is 36.6 Å². The predicted octanol–water partition coefficient (Wildman–Crippen LogP) is 2.07. The first-order valence-corrected chi connectivity index (χ1v) is 10.3. The van der Waals surface area contributed by atoms with E-state index in [9.17, 15) is 19.5 Å². The van der Waals surface area contributed by atoms with E-state index >= 15 is 0 Å². The molecule has 1 aliphatic rings. The summed E-state index contributed by atoms with van der Waals surface area (Å²) in [6.07, 6.45) is 1.98. The van der Waals surface area contributed by atoms with Crippen molar-refractivity contribution in [1.82, 2.24) is 5.32 Å². The van der Waals surface area contributed by atoms with E-state index in [2.05, 4.69) is 5.32 Å². The fourth-order valence-electron chi connectivity index (χ4n) is 3.02. The van der Waals surface area contributed by atoms with E-state index in [4.69, 9.17) is 10.5 Å². The van der Waals surface area contributed by atoms with Gasteiger partial charge in [0.2, 0.25) is 5.91 Å². The van der Waals surface area contributed by atoms with E-state index in [0.717, 1.165) is 17.7 Å². The maximum Gasteiger partial charge on any atom is 0.323 e. The molecule has 1 amide bonds. The smallest absolute Gasteiger partial charge is 0.323 e. The van der Waals surface area contributed by atoms with Gasteiger partial charge in [-0.3, -0.25) is 24.6 Å². The second-order valence-corrected chi connectivity index (χ2v) is 7.47. The van der Waals surface area contributed by atoms with E-state index in [1.54, 1.807) is 19.1 Å². The molecule has 4 N–H and O–H groups in total. The lowest BCUT2D eigenvalue weighted by atomic mass is 10.1. The number of benzene rings is 1. The molecule has 0 unspecified atom stereocenters. The third-order valence-corrected chi connectivity index (χ3v) is 5.50. The molecule has 0 spiro atoms. The summed E-state index contributed by atoms with van der Waals surface area (Å²) in [6.45, 7) is 2.06. The van der Waals surface area contributed by atoms with E-state index < -0.39 is 30.6 Å². The van der Waals surface area contributed by atoms with Gasteiger partial charge in [0.05, 0.1) is 18.3 Å². The summed E-state index contributed by atoms with van der Waals surface area (Å²) in [5.41, 5.74) is 6.10. The van der Waals surface area contributed by atoms with Crippen LogP contribution in [0.15, 0.2) is 29.2 Å². The number of thioether (sulfide) groups is 1. The SMILES string of the molecule is CCOC(=O)[C@H](CCCCN)N[C@H]1CSc2ccccc2N(CC(=O)O)C1=O.Cl.Cl. The number of para-hydroxylation sites is 1. The minimum absolute atomic E-state index is 0. The Morgan fingerprint density at radius 2 is 2.03 bits per heavy atom. The average molecular weight is 482 g/mol. The summed E-state index contributed by atoms with van der Waals surface area (Å²) in [4.78, 5) is 38.9. The number of halogens is 2. The van der Waals surface area contributed by atoms with Gasteiger partial charge in [-0.1, -0.05) is 18.6 Å². The molecule has 1 aromatic rings. The fourth-order valence-corrected chi connectivity index (χ4v) is 4.10. The standard InChI is InChI=1S/C19H27N3O5S.2ClH/c1-2-27-19(26)13(7-5-6-10-20)21-14-12-28-16-9-4-3-8-15(16)22(18(14)25)11-17(23)24;;/h3-4,8-9,13-14,21H,2,5-7,10-12,20H2,1H3,(H,23,24);2*1H/t13-,14-;;/m0../s1. The number of esters is 1. The molecule has 11 heteroatoms. The topological polar surface area (TPSA) is 122 Å². The molecule has 0 aromatic heterocycles. The van der Waals surface area contributed by atoms with E-state index in [1.807, 2.05) is 12.1 Å². The van der Waals surface area contributed by atoms with Crippen molar-refractivity contribution in [2.45, 2.75) is 43.2 Å². The minimum Gasteiger partial charge on any atom is -0.480 e. The molecular formula is C19H29Cl2N3O5S. The lowest BCUT2D eigenvalue weighted by Crippen LogP contribution is -2.54. The molecule has 2 rings (SSSR count). The largest absolute Gasteiger partial charge is 0.480 e. The van der Waals surface area contributed by atoms with Gasteiger partial charge >= 0.3 is 11.9 Å². The van der Waals surface area contributed by atoms with Crippen LogP contribution in [-0.2, 0) is 19.1 Å². The number of carbonyl (C=O) groups excluding carboxylic acids is 2. The number of hydrogen-bond acceptors (Lipinski definition) is 7. The predicted molar refractivity (Wildman–Crippen MR) is 122 cm³/mol. The van der Waals surface area contributed by atoms with Crippen molar-refractivity contribution in [2.75, 3.05) is 30.3 Å². The number of carboxylic acid groups (broad SMARTS) is 1. The molecule has 0 radical (unpaired) electrons. The Morgan fingerprint density at radius 3 is 2.67 bits per heavy atom. The van der Waals surface area contributed by atoms with Gasteiger partial charge in [-0.05, 0) is 38.4 Å². The van der Waals surface area contributed by atoms with Crippen LogP contribution in [-0.4, -0.2) is 60.5 Å². The molecule has 8 nitrogen and oxygen atoms in total. The number of carboxylic acids is 1. The van der Waals surface area contributed by atoms with Crippen molar-refractivity contribution in [3.05, 3.63) is 24.3 Å². The molecule has 0 saturated heterocycles. The van der Waals surface area contributed by atoms with Gasteiger partial charge in [-0.25, -0.2) is 0 Å². The number of fused-ring (bicyclic) bond motifs is 1. The number of ether oxygens (including phenoxy) is 1. The third-order valence-electron chi connectivity index (χ3n) is 4.34. The fraction of sp³-hybridized carbons (Fsp3) is 0.526. The van der Waals surface area contributed by atoms with Crippen molar-refractivity contribution >= 4 is 60.1 Å². The molecule has 0 fully saturated rings. The lowest BCUT2D eigenvalue weighted by molar-refractivity contribution is -0.146. The minimum atomic E-state index is -1.10. The molecule has 0 saturated carbocycles. The first-order valence-electron chi connectivity index (χ1n) is 9.35. The summed E-state index contributed by atoms with van der Waals surface area (Å²) in [5.74, 6) is -1.49. The summed E-state index contributed by atoms with van der Waals surface area (Å²) >= 11 is 1.46. The molecule has 1 aromatic carbocycles. The number of unbranched alkanes of at least 4 members (excludes halogenated alkanes) is 1. The second-order valence-electron chi connectivity index (χ2n) is 6.41. The Labute approximate surface area is 193 Å². The number of anilines is 1. The van der Waals surface area contributed by atoms with Crippen LogP contribution in [0, 0.1) is 0 Å². The van der Waals surface area contributed by atoms with Gasteiger partial charge in [-0.2, -0.15) is 0 Å². The summed E-state index contributed by atoms with van der Waals surface area (Å²) in [6, 6.07) is 5.85. The second kappa shape index (κ2) is 14.5. The number of nitrogens with one attached hydrogen (secondary N) is 1. The molecule has 30 heavy (non-hydrogen) atoms. The van der Waals surface area contributed by atoms with Crippen LogP contribution in [0.25, 0.3) is 0 Å². The van der Waals surface area contributed by atoms with Crippen LogP contribution in [0.4, 0.5) is 5.69 Å². The van der Waals surface area contributed by atoms with Gasteiger partial charge in [0, 0.05) is 10.6 Å². The number of amides is 1. The molecule has 1 heterocycles. The zero-order valence-corrected chi connectivity index (χ0v) is 19.2. The van der Waals surface area contributed by atoms with Crippen LogP contribution in [0.1, 0.15) is 26.2 Å². The van der Waals surface area contributed by atoms with Gasteiger partial charge < -0.3 is 15.6 Å². The number of nitrogens with two attached hydrogens (primary N) is 1. The van der Waals surface area contributed by atoms with Gasteiger partial charge in [0.15, 0.2) is 0 Å². The van der Waals surface area contributed by atoms with Crippen molar-refractivity contribution in [1.29, 1.82) is 0 Å².